The lowest BCUT2D eigenvalue weighted by Gasteiger charge is -2.13. The maximum absolute atomic E-state index is 12.9. The number of imide groups is 1. The molecule has 172 valence electrons. The van der Waals surface area contributed by atoms with Gasteiger partial charge in [-0.25, -0.2) is 0 Å². The van der Waals surface area contributed by atoms with Gasteiger partial charge in [0.05, 0.1) is 15.5 Å². The van der Waals surface area contributed by atoms with Gasteiger partial charge in [0.2, 0.25) is 5.91 Å². The summed E-state index contributed by atoms with van der Waals surface area (Å²) in [4.78, 5) is 49.4. The molecule has 3 aromatic rings. The van der Waals surface area contributed by atoms with Crippen LogP contribution in [0.1, 0.15) is 11.3 Å². The summed E-state index contributed by atoms with van der Waals surface area (Å²) in [5.41, 5.74) is 2.29. The fraction of sp³-hybridized carbons (Fsp3) is 0.0870. The molecule has 2 heterocycles. The van der Waals surface area contributed by atoms with Crippen LogP contribution in [0, 0.1) is 17.0 Å². The minimum Gasteiger partial charge on any atom is -0.324 e. The first-order valence-corrected chi connectivity index (χ1v) is 11.2. The third-order valence-corrected chi connectivity index (χ3v) is 6.17. The number of nitro groups is 1. The molecule has 1 saturated heterocycles. The highest BCUT2D eigenvalue weighted by Crippen LogP contribution is 2.33. The minimum absolute atomic E-state index is 0.0709. The summed E-state index contributed by atoms with van der Waals surface area (Å²) in [5.74, 6) is -1.13. The molecule has 0 radical (unpaired) electrons. The molecule has 4 rings (SSSR count). The number of nitrogens with zero attached hydrogens (tertiary/aromatic N) is 3. The first-order valence-electron chi connectivity index (χ1n) is 9.96. The van der Waals surface area contributed by atoms with Gasteiger partial charge in [-0.3, -0.25) is 29.4 Å². The Kier molecular flexibility index (Phi) is 6.53. The first-order chi connectivity index (χ1) is 16.2. The molecule has 0 aliphatic carbocycles. The van der Waals surface area contributed by atoms with Crippen molar-refractivity contribution in [1.82, 2.24) is 9.47 Å². The molecular formula is C23H17ClN4O5S. The van der Waals surface area contributed by atoms with E-state index in [0.29, 0.717) is 22.1 Å². The molecule has 0 spiro atoms. The van der Waals surface area contributed by atoms with Gasteiger partial charge < -0.3 is 9.88 Å². The largest absolute Gasteiger partial charge is 0.324 e. The number of anilines is 1. The van der Waals surface area contributed by atoms with E-state index in [-0.39, 0.29) is 10.6 Å². The number of amides is 3. The van der Waals surface area contributed by atoms with Crippen molar-refractivity contribution in [2.24, 2.45) is 0 Å². The molecular weight excluding hydrogens is 480 g/mol. The van der Waals surface area contributed by atoms with Crippen molar-refractivity contribution in [3.8, 4) is 5.69 Å². The van der Waals surface area contributed by atoms with Crippen molar-refractivity contribution in [3.63, 3.8) is 0 Å². The normalized spacial score (nSPS) is 14.6. The first kappa shape index (κ1) is 23.3. The minimum atomic E-state index is -0.597. The Morgan fingerprint density at radius 2 is 1.97 bits per heavy atom. The number of nitro benzene ring substituents is 1. The van der Waals surface area contributed by atoms with Gasteiger partial charge in [0.25, 0.3) is 16.8 Å². The molecule has 1 aliphatic heterocycles. The van der Waals surface area contributed by atoms with E-state index in [9.17, 15) is 24.5 Å². The highest BCUT2D eigenvalue weighted by Gasteiger charge is 2.36. The molecule has 1 aliphatic rings. The smallest absolute Gasteiger partial charge is 0.294 e. The molecule has 0 bridgehead atoms. The predicted molar refractivity (Wildman–Crippen MR) is 130 cm³/mol. The van der Waals surface area contributed by atoms with E-state index in [4.69, 9.17) is 11.6 Å². The number of carbonyl (C=O) groups is 3. The second-order valence-electron chi connectivity index (χ2n) is 7.36. The number of carbonyl (C=O) groups excluding carboxylic acids is 3. The van der Waals surface area contributed by atoms with Gasteiger partial charge in [0.15, 0.2) is 0 Å². The quantitative estimate of drug-likeness (QED) is 0.291. The van der Waals surface area contributed by atoms with Crippen LogP contribution in [0.5, 0.6) is 0 Å². The Balaban J connectivity index is 1.52. The van der Waals surface area contributed by atoms with E-state index in [1.165, 1.54) is 18.2 Å². The number of rotatable bonds is 6. The Bertz CT molecular complexity index is 1370. The number of aryl methyl sites for hydroxylation is 1. The van der Waals surface area contributed by atoms with Crippen LogP contribution in [-0.4, -0.2) is 38.0 Å². The second-order valence-corrected chi connectivity index (χ2v) is 8.78. The third kappa shape index (κ3) is 4.87. The van der Waals surface area contributed by atoms with E-state index in [0.717, 1.165) is 22.2 Å². The molecule has 1 fully saturated rings. The molecule has 0 atom stereocenters. The average molecular weight is 497 g/mol. The van der Waals surface area contributed by atoms with Gasteiger partial charge >= 0.3 is 0 Å². The summed E-state index contributed by atoms with van der Waals surface area (Å²) in [5, 5.41) is 13.6. The number of halogens is 1. The lowest BCUT2D eigenvalue weighted by molar-refractivity contribution is -0.384. The Morgan fingerprint density at radius 3 is 2.74 bits per heavy atom. The molecule has 1 aromatic heterocycles. The maximum Gasteiger partial charge on any atom is 0.294 e. The second kappa shape index (κ2) is 9.54. The van der Waals surface area contributed by atoms with E-state index < -0.39 is 28.5 Å². The van der Waals surface area contributed by atoms with Crippen LogP contribution < -0.4 is 5.32 Å². The zero-order valence-corrected chi connectivity index (χ0v) is 19.3. The highest BCUT2D eigenvalue weighted by atomic mass is 35.5. The third-order valence-electron chi connectivity index (χ3n) is 5.03. The zero-order chi connectivity index (χ0) is 24.4. The lowest BCUT2D eigenvalue weighted by Crippen LogP contribution is -2.36. The van der Waals surface area contributed by atoms with Crippen molar-refractivity contribution in [2.75, 3.05) is 11.9 Å². The van der Waals surface area contributed by atoms with Crippen LogP contribution in [0.3, 0.4) is 0 Å². The number of hydrogen-bond donors (Lipinski definition) is 1. The molecule has 0 saturated carbocycles. The molecule has 1 N–H and O–H groups in total. The SMILES string of the molecule is Cc1ccc(Cl)cc1NC(=O)CN1C(=O)S/C(=C\c2cccn2-c2cccc([N+](=O)[O-])c2)C1=O. The number of benzene rings is 2. The van der Waals surface area contributed by atoms with Gasteiger partial charge in [-0.1, -0.05) is 23.7 Å². The molecule has 9 nitrogen and oxygen atoms in total. The van der Waals surface area contributed by atoms with Crippen molar-refractivity contribution in [3.05, 3.63) is 92.1 Å². The van der Waals surface area contributed by atoms with Crippen LogP contribution in [-0.2, 0) is 9.59 Å². The summed E-state index contributed by atoms with van der Waals surface area (Å²) >= 11 is 6.69. The molecule has 34 heavy (non-hydrogen) atoms. The number of aromatic nitrogens is 1. The zero-order valence-electron chi connectivity index (χ0n) is 17.7. The summed E-state index contributed by atoms with van der Waals surface area (Å²) in [7, 11) is 0. The molecule has 11 heteroatoms. The summed E-state index contributed by atoms with van der Waals surface area (Å²) in [6.07, 6.45) is 3.21. The van der Waals surface area contributed by atoms with Gasteiger partial charge in [0.1, 0.15) is 6.54 Å². The topological polar surface area (TPSA) is 115 Å². The Labute approximate surface area is 203 Å². The molecule has 2 aromatic carbocycles. The van der Waals surface area contributed by atoms with E-state index >= 15 is 0 Å². The Hall–Kier alpha value is -3.89. The Morgan fingerprint density at radius 1 is 1.18 bits per heavy atom. The standard InChI is InChI=1S/C23H17ClN4O5S/c1-14-7-8-15(24)10-19(14)25-21(29)13-27-22(30)20(34-23(27)31)12-17-6-3-9-26(17)16-4-2-5-18(11-16)28(32)33/h2-12H,13H2,1H3,(H,25,29)/b20-12-. The molecule has 0 unspecified atom stereocenters. The van der Waals surface area contributed by atoms with Crippen LogP contribution in [0.15, 0.2) is 65.7 Å². The van der Waals surface area contributed by atoms with E-state index in [1.54, 1.807) is 60.2 Å². The predicted octanol–water partition coefficient (Wildman–Crippen LogP) is 5.02. The summed E-state index contributed by atoms with van der Waals surface area (Å²) in [6.45, 7) is 1.35. The van der Waals surface area contributed by atoms with Gasteiger partial charge in [-0.05, 0) is 60.7 Å². The van der Waals surface area contributed by atoms with Gasteiger partial charge in [-0.15, -0.1) is 0 Å². The monoisotopic (exact) mass is 496 g/mol. The number of thioether (sulfide) groups is 1. The van der Waals surface area contributed by atoms with Gasteiger partial charge in [0, 0.05) is 34.7 Å². The summed E-state index contributed by atoms with van der Waals surface area (Å²) in [6, 6.07) is 14.5. The van der Waals surface area contributed by atoms with Crippen LogP contribution >= 0.6 is 23.4 Å². The van der Waals surface area contributed by atoms with Crippen molar-refractivity contribution in [2.45, 2.75) is 6.92 Å². The van der Waals surface area contributed by atoms with E-state index in [1.807, 2.05) is 0 Å². The van der Waals surface area contributed by atoms with Crippen molar-refractivity contribution < 1.29 is 19.3 Å². The number of nitrogens with one attached hydrogen (secondary N) is 1. The average Bonchev–Trinajstić information content (AvgIpc) is 3.36. The fourth-order valence-corrected chi connectivity index (χ4v) is 4.33. The number of hydrogen-bond acceptors (Lipinski definition) is 6. The van der Waals surface area contributed by atoms with Crippen molar-refractivity contribution in [1.29, 1.82) is 0 Å². The van der Waals surface area contributed by atoms with Gasteiger partial charge in [-0.2, -0.15) is 0 Å². The fourth-order valence-electron chi connectivity index (χ4n) is 3.34. The van der Waals surface area contributed by atoms with E-state index in [2.05, 4.69) is 5.32 Å². The highest BCUT2D eigenvalue weighted by molar-refractivity contribution is 8.18. The van der Waals surface area contributed by atoms with Crippen LogP contribution in [0.25, 0.3) is 11.8 Å². The summed E-state index contributed by atoms with van der Waals surface area (Å²) < 4.78 is 1.66. The molecule has 3 amide bonds. The van der Waals surface area contributed by atoms with Crippen molar-refractivity contribution >= 4 is 57.9 Å². The maximum atomic E-state index is 12.9. The lowest BCUT2D eigenvalue weighted by atomic mass is 10.2. The number of non-ortho nitro benzene ring substituents is 1. The van der Waals surface area contributed by atoms with Crippen LogP contribution in [0.4, 0.5) is 16.2 Å². The van der Waals surface area contributed by atoms with Crippen LogP contribution in [0.2, 0.25) is 5.02 Å².